The van der Waals surface area contributed by atoms with Gasteiger partial charge >= 0.3 is 6.18 Å². The van der Waals surface area contributed by atoms with E-state index >= 15 is 0 Å². The fraction of sp³-hybridized carbons (Fsp3) is 0.600. The highest BCUT2D eigenvalue weighted by atomic mass is 19.4. The van der Waals surface area contributed by atoms with Gasteiger partial charge in [-0.15, -0.1) is 0 Å². The van der Waals surface area contributed by atoms with Gasteiger partial charge in [-0.3, -0.25) is 0 Å². The van der Waals surface area contributed by atoms with Crippen LogP contribution in [0.25, 0.3) is 0 Å². The summed E-state index contributed by atoms with van der Waals surface area (Å²) >= 11 is 0. The maximum atomic E-state index is 12.4. The van der Waals surface area contributed by atoms with E-state index in [1.807, 2.05) is 0 Å². The molecule has 0 spiro atoms. The maximum absolute atomic E-state index is 12.4. The zero-order valence-corrected chi connectivity index (χ0v) is 11.1. The zero-order valence-electron chi connectivity index (χ0n) is 11.1. The van der Waals surface area contributed by atoms with Crippen molar-refractivity contribution in [2.75, 3.05) is 11.9 Å². The number of hydrogen-bond acceptors (Lipinski definition) is 1. The molecule has 106 valence electrons. The molecule has 19 heavy (non-hydrogen) atoms. The second-order valence-electron chi connectivity index (χ2n) is 5.48. The molecule has 1 saturated carbocycles. The first-order valence-electron chi connectivity index (χ1n) is 6.88. The molecular formula is C15H20F3N. The Morgan fingerprint density at radius 1 is 1.11 bits per heavy atom. The van der Waals surface area contributed by atoms with E-state index in [-0.39, 0.29) is 0 Å². The van der Waals surface area contributed by atoms with Gasteiger partial charge in [0, 0.05) is 12.2 Å². The van der Waals surface area contributed by atoms with Crippen LogP contribution in [0, 0.1) is 11.8 Å². The number of alkyl halides is 3. The average Bonchev–Trinajstić information content (AvgIpc) is 2.37. The summed E-state index contributed by atoms with van der Waals surface area (Å²) in [5.41, 5.74) is 0.176. The molecule has 0 saturated heterocycles. The van der Waals surface area contributed by atoms with Gasteiger partial charge in [-0.05, 0) is 42.5 Å². The minimum Gasteiger partial charge on any atom is -0.385 e. The van der Waals surface area contributed by atoms with Crippen molar-refractivity contribution >= 4 is 5.69 Å². The lowest BCUT2D eigenvalue weighted by molar-refractivity contribution is -0.137. The van der Waals surface area contributed by atoms with Crippen LogP contribution in [0.3, 0.4) is 0 Å². The van der Waals surface area contributed by atoms with E-state index in [9.17, 15) is 13.2 Å². The minimum atomic E-state index is -4.25. The Hall–Kier alpha value is -1.19. The van der Waals surface area contributed by atoms with Gasteiger partial charge in [0.05, 0.1) is 5.56 Å². The van der Waals surface area contributed by atoms with Crippen molar-refractivity contribution in [1.29, 1.82) is 0 Å². The van der Waals surface area contributed by atoms with Gasteiger partial charge in [-0.2, -0.15) is 13.2 Å². The monoisotopic (exact) mass is 271 g/mol. The van der Waals surface area contributed by atoms with Crippen LogP contribution in [-0.2, 0) is 6.18 Å². The lowest BCUT2D eigenvalue weighted by Gasteiger charge is -2.29. The zero-order chi connectivity index (χ0) is 13.9. The maximum Gasteiger partial charge on any atom is 0.416 e. The highest BCUT2D eigenvalue weighted by molar-refractivity contribution is 5.45. The lowest BCUT2D eigenvalue weighted by atomic mass is 9.80. The van der Waals surface area contributed by atoms with Crippen LogP contribution in [0.2, 0.25) is 0 Å². The normalized spacial score (nSPS) is 24.2. The molecule has 2 unspecified atom stereocenters. The molecule has 1 aromatic carbocycles. The Morgan fingerprint density at radius 2 is 1.74 bits per heavy atom. The van der Waals surface area contributed by atoms with Crippen molar-refractivity contribution in [2.45, 2.75) is 38.8 Å². The van der Waals surface area contributed by atoms with Crippen LogP contribution in [0.1, 0.15) is 38.2 Å². The summed E-state index contributed by atoms with van der Waals surface area (Å²) in [7, 11) is 0. The fourth-order valence-corrected chi connectivity index (χ4v) is 2.72. The van der Waals surface area contributed by atoms with Crippen LogP contribution in [-0.4, -0.2) is 6.54 Å². The summed E-state index contributed by atoms with van der Waals surface area (Å²) in [6.07, 6.45) is 0.798. The number of nitrogens with one attached hydrogen (secondary N) is 1. The van der Waals surface area contributed by atoms with Gasteiger partial charge in [0.2, 0.25) is 0 Å². The van der Waals surface area contributed by atoms with Crippen molar-refractivity contribution in [3.63, 3.8) is 0 Å². The molecule has 4 heteroatoms. The topological polar surface area (TPSA) is 12.0 Å². The summed E-state index contributed by atoms with van der Waals surface area (Å²) in [5, 5.41) is 3.26. The summed E-state index contributed by atoms with van der Waals surface area (Å²) < 4.78 is 37.3. The van der Waals surface area contributed by atoms with Crippen LogP contribution in [0.4, 0.5) is 18.9 Å². The number of benzene rings is 1. The van der Waals surface area contributed by atoms with Gasteiger partial charge < -0.3 is 5.32 Å². The number of hydrogen-bond donors (Lipinski definition) is 1. The smallest absolute Gasteiger partial charge is 0.385 e. The van der Waals surface area contributed by atoms with Crippen LogP contribution in [0.5, 0.6) is 0 Å². The summed E-state index contributed by atoms with van der Waals surface area (Å²) in [5.74, 6) is 1.34. The molecule has 2 rings (SSSR count). The van der Waals surface area contributed by atoms with E-state index in [0.717, 1.165) is 24.4 Å². The third-order valence-corrected chi connectivity index (χ3v) is 4.07. The second kappa shape index (κ2) is 5.85. The Kier molecular flexibility index (Phi) is 4.38. The summed E-state index contributed by atoms with van der Waals surface area (Å²) in [6.45, 7) is 3.12. The Labute approximate surface area is 112 Å². The van der Waals surface area contributed by atoms with E-state index in [0.29, 0.717) is 11.8 Å². The molecule has 2 atom stereocenters. The fourth-order valence-electron chi connectivity index (χ4n) is 2.72. The molecule has 1 aliphatic rings. The lowest BCUT2D eigenvalue weighted by Crippen LogP contribution is -2.24. The molecule has 0 aliphatic heterocycles. The molecule has 0 heterocycles. The van der Waals surface area contributed by atoms with Gasteiger partial charge in [0.1, 0.15) is 0 Å². The highest BCUT2D eigenvalue weighted by Gasteiger charge is 2.30. The minimum absolute atomic E-state index is 0.593. The number of anilines is 1. The first-order chi connectivity index (χ1) is 8.97. The van der Waals surface area contributed by atoms with Gasteiger partial charge in [0.25, 0.3) is 0 Å². The van der Waals surface area contributed by atoms with Gasteiger partial charge in [0.15, 0.2) is 0 Å². The summed E-state index contributed by atoms with van der Waals surface area (Å²) in [4.78, 5) is 0. The van der Waals surface area contributed by atoms with Crippen molar-refractivity contribution in [2.24, 2.45) is 11.8 Å². The van der Waals surface area contributed by atoms with Crippen LogP contribution in [0.15, 0.2) is 24.3 Å². The Bertz CT molecular complexity index is 397. The first-order valence-corrected chi connectivity index (χ1v) is 6.88. The molecule has 0 bridgehead atoms. The number of halogens is 3. The SMILES string of the molecule is CC1CCCCC1CNc1ccc(C(F)(F)F)cc1. The average molecular weight is 271 g/mol. The third kappa shape index (κ3) is 3.88. The molecular weight excluding hydrogens is 251 g/mol. The molecule has 1 aliphatic carbocycles. The van der Waals surface area contributed by atoms with Crippen molar-refractivity contribution in [1.82, 2.24) is 0 Å². The molecule has 1 nitrogen and oxygen atoms in total. The van der Waals surface area contributed by atoms with Crippen LogP contribution < -0.4 is 5.32 Å². The van der Waals surface area contributed by atoms with E-state index < -0.39 is 11.7 Å². The first kappa shape index (κ1) is 14.2. The van der Waals surface area contributed by atoms with Crippen molar-refractivity contribution < 1.29 is 13.2 Å². The Morgan fingerprint density at radius 3 is 2.32 bits per heavy atom. The molecule has 1 N–H and O–H groups in total. The quantitative estimate of drug-likeness (QED) is 0.820. The standard InChI is InChI=1S/C15H20F3N/c1-11-4-2-3-5-12(11)10-19-14-8-6-13(7-9-14)15(16,17)18/h6-9,11-12,19H,2-5,10H2,1H3. The molecule has 0 amide bonds. The number of rotatable bonds is 3. The molecule has 1 fully saturated rings. The third-order valence-electron chi connectivity index (χ3n) is 4.07. The highest BCUT2D eigenvalue weighted by Crippen LogP contribution is 2.31. The van der Waals surface area contributed by atoms with E-state index in [1.165, 1.54) is 37.8 Å². The molecule has 0 radical (unpaired) electrons. The van der Waals surface area contributed by atoms with Gasteiger partial charge in [-0.25, -0.2) is 0 Å². The van der Waals surface area contributed by atoms with Crippen molar-refractivity contribution in [3.8, 4) is 0 Å². The summed E-state index contributed by atoms with van der Waals surface area (Å²) in [6, 6.07) is 5.28. The van der Waals surface area contributed by atoms with Gasteiger partial charge in [-0.1, -0.05) is 26.2 Å². The Balaban J connectivity index is 1.89. The molecule has 1 aromatic rings. The molecule has 0 aromatic heterocycles. The van der Waals surface area contributed by atoms with E-state index in [1.54, 1.807) is 0 Å². The predicted octanol–water partition coefficient (Wildman–Crippen LogP) is 4.94. The second-order valence-corrected chi connectivity index (χ2v) is 5.48. The predicted molar refractivity (Wildman–Crippen MR) is 71.1 cm³/mol. The van der Waals surface area contributed by atoms with E-state index in [4.69, 9.17) is 0 Å². The largest absolute Gasteiger partial charge is 0.416 e. The van der Waals surface area contributed by atoms with Crippen LogP contribution >= 0.6 is 0 Å². The van der Waals surface area contributed by atoms with Crippen molar-refractivity contribution in [3.05, 3.63) is 29.8 Å². The van der Waals surface area contributed by atoms with E-state index in [2.05, 4.69) is 12.2 Å².